The molecular weight excluding hydrogens is 193 g/mol. The third-order valence-electron chi connectivity index (χ3n) is 1.18. The second kappa shape index (κ2) is 2.78. The van der Waals surface area contributed by atoms with Crippen LogP contribution in [0.25, 0.3) is 0 Å². The van der Waals surface area contributed by atoms with Gasteiger partial charge in [0, 0.05) is 0 Å². The van der Waals surface area contributed by atoms with Crippen LogP contribution < -0.4 is 0 Å². The summed E-state index contributed by atoms with van der Waals surface area (Å²) in [7, 11) is -5.17. The molecule has 2 nitrogen and oxygen atoms in total. The first-order valence-corrected chi connectivity index (χ1v) is 4.20. The molecule has 0 spiro atoms. The first kappa shape index (κ1) is 9.05. The van der Waals surface area contributed by atoms with Crippen LogP contribution >= 0.6 is 0 Å². The van der Waals surface area contributed by atoms with Gasteiger partial charge in [-0.05, 0) is 12.1 Å². The van der Waals surface area contributed by atoms with Gasteiger partial charge in [0.1, 0.15) is 4.90 Å². The van der Waals surface area contributed by atoms with Crippen LogP contribution in [0.2, 0.25) is 0 Å². The van der Waals surface area contributed by atoms with Crippen LogP contribution in [0.1, 0.15) is 0 Å². The minimum absolute atomic E-state index is 0.647. The van der Waals surface area contributed by atoms with E-state index >= 15 is 0 Å². The highest BCUT2D eigenvalue weighted by Crippen LogP contribution is 2.18. The van der Waals surface area contributed by atoms with Crippen LogP contribution in [-0.2, 0) is 10.2 Å². The van der Waals surface area contributed by atoms with Gasteiger partial charge >= 0.3 is 10.2 Å². The minimum Gasteiger partial charge on any atom is -0.204 e. The van der Waals surface area contributed by atoms with E-state index in [9.17, 15) is 21.1 Å². The van der Waals surface area contributed by atoms with Gasteiger partial charge in [0.2, 0.25) is 0 Å². The van der Waals surface area contributed by atoms with Crippen molar-refractivity contribution in [2.45, 2.75) is 4.90 Å². The van der Waals surface area contributed by atoms with Gasteiger partial charge in [-0.2, -0.15) is 8.42 Å². The fourth-order valence-electron chi connectivity index (χ4n) is 0.672. The second-order valence-corrected chi connectivity index (χ2v) is 3.31. The summed E-state index contributed by atoms with van der Waals surface area (Å²) in [5.41, 5.74) is 0. The van der Waals surface area contributed by atoms with E-state index in [0.717, 1.165) is 6.07 Å². The van der Waals surface area contributed by atoms with Gasteiger partial charge in [-0.25, -0.2) is 8.78 Å². The zero-order valence-corrected chi connectivity index (χ0v) is 6.41. The van der Waals surface area contributed by atoms with Crippen LogP contribution in [0.5, 0.6) is 0 Å². The lowest BCUT2D eigenvalue weighted by Gasteiger charge is -1.96. The molecule has 0 bridgehead atoms. The first-order chi connectivity index (χ1) is 5.43. The number of hydrogen-bond acceptors (Lipinski definition) is 2. The Morgan fingerprint density at radius 1 is 1.17 bits per heavy atom. The predicted octanol–water partition coefficient (Wildman–Crippen LogP) is 1.62. The summed E-state index contributed by atoms with van der Waals surface area (Å²) in [6, 6.07) is 2.25. The molecule has 0 saturated carbocycles. The molecule has 1 aromatic rings. The van der Waals surface area contributed by atoms with Crippen molar-refractivity contribution in [1.29, 1.82) is 0 Å². The SMILES string of the molecule is O=S(=O)(F)c1cccc(F)c1F. The van der Waals surface area contributed by atoms with Crippen molar-refractivity contribution in [1.82, 2.24) is 0 Å². The van der Waals surface area contributed by atoms with Crippen LogP contribution in [0.3, 0.4) is 0 Å². The summed E-state index contributed by atoms with van der Waals surface area (Å²) in [5.74, 6) is -3.09. The van der Waals surface area contributed by atoms with Crippen LogP contribution in [-0.4, -0.2) is 8.42 Å². The average molecular weight is 196 g/mol. The topological polar surface area (TPSA) is 34.1 Å². The van der Waals surface area contributed by atoms with E-state index in [1.165, 1.54) is 0 Å². The molecule has 0 fully saturated rings. The maximum Gasteiger partial charge on any atom is 0.335 e. The highest BCUT2D eigenvalue weighted by atomic mass is 32.3. The van der Waals surface area contributed by atoms with Crippen molar-refractivity contribution in [3.8, 4) is 0 Å². The lowest BCUT2D eigenvalue weighted by atomic mass is 10.3. The molecule has 0 aliphatic heterocycles. The lowest BCUT2D eigenvalue weighted by molar-refractivity contribution is 0.478. The van der Waals surface area contributed by atoms with Crippen molar-refractivity contribution in [3.63, 3.8) is 0 Å². The predicted molar refractivity (Wildman–Crippen MR) is 34.7 cm³/mol. The van der Waals surface area contributed by atoms with E-state index in [2.05, 4.69) is 0 Å². The van der Waals surface area contributed by atoms with E-state index in [1.54, 1.807) is 0 Å². The molecule has 12 heavy (non-hydrogen) atoms. The molecule has 0 atom stereocenters. The quantitative estimate of drug-likeness (QED) is 0.639. The smallest absolute Gasteiger partial charge is 0.204 e. The van der Waals surface area contributed by atoms with E-state index in [4.69, 9.17) is 0 Å². The highest BCUT2D eigenvalue weighted by molar-refractivity contribution is 7.86. The van der Waals surface area contributed by atoms with E-state index in [1.807, 2.05) is 0 Å². The van der Waals surface area contributed by atoms with E-state index < -0.39 is 26.8 Å². The zero-order chi connectivity index (χ0) is 9.35. The van der Waals surface area contributed by atoms with Gasteiger partial charge in [0.05, 0.1) is 0 Å². The molecular formula is C6H3F3O2S. The molecule has 0 amide bonds. The second-order valence-electron chi connectivity index (χ2n) is 1.99. The Morgan fingerprint density at radius 3 is 2.17 bits per heavy atom. The summed E-state index contributed by atoms with van der Waals surface area (Å²) in [6.45, 7) is 0. The summed E-state index contributed by atoms with van der Waals surface area (Å²) >= 11 is 0. The molecule has 1 aromatic carbocycles. The molecule has 0 aliphatic rings. The van der Waals surface area contributed by atoms with Crippen LogP contribution in [0, 0.1) is 11.6 Å². The average Bonchev–Trinajstić information content (AvgIpc) is 1.92. The van der Waals surface area contributed by atoms with Gasteiger partial charge in [-0.1, -0.05) is 6.07 Å². The Morgan fingerprint density at radius 2 is 1.75 bits per heavy atom. The van der Waals surface area contributed by atoms with Crippen molar-refractivity contribution in [2.24, 2.45) is 0 Å². The molecule has 0 saturated heterocycles. The fraction of sp³-hybridized carbons (Fsp3) is 0. The largest absolute Gasteiger partial charge is 0.335 e. The highest BCUT2D eigenvalue weighted by Gasteiger charge is 2.19. The van der Waals surface area contributed by atoms with Gasteiger partial charge in [-0.15, -0.1) is 3.89 Å². The Balaban J connectivity index is 3.47. The number of halogens is 3. The van der Waals surface area contributed by atoms with E-state index in [-0.39, 0.29) is 0 Å². The summed E-state index contributed by atoms with van der Waals surface area (Å²) < 4.78 is 57.2. The van der Waals surface area contributed by atoms with Gasteiger partial charge in [-0.3, -0.25) is 0 Å². The van der Waals surface area contributed by atoms with Gasteiger partial charge in [0.25, 0.3) is 0 Å². The summed E-state index contributed by atoms with van der Waals surface area (Å²) in [4.78, 5) is -1.28. The Hall–Kier alpha value is -1.04. The zero-order valence-electron chi connectivity index (χ0n) is 5.59. The Labute approximate surface area is 66.8 Å². The number of rotatable bonds is 1. The van der Waals surface area contributed by atoms with Crippen LogP contribution in [0.15, 0.2) is 23.1 Å². The molecule has 66 valence electrons. The maximum atomic E-state index is 12.5. The maximum absolute atomic E-state index is 12.5. The monoisotopic (exact) mass is 196 g/mol. The Kier molecular flexibility index (Phi) is 2.10. The fourth-order valence-corrected chi connectivity index (χ4v) is 1.22. The third kappa shape index (κ3) is 1.58. The summed E-state index contributed by atoms with van der Waals surface area (Å²) in [5, 5.41) is 0. The lowest BCUT2D eigenvalue weighted by Crippen LogP contribution is -1.98. The van der Waals surface area contributed by atoms with Crippen molar-refractivity contribution in [2.75, 3.05) is 0 Å². The molecule has 0 aromatic heterocycles. The molecule has 0 aliphatic carbocycles. The minimum atomic E-state index is -5.17. The Bertz CT molecular complexity index is 399. The molecule has 6 heteroatoms. The molecule has 0 unspecified atom stereocenters. The van der Waals surface area contributed by atoms with Gasteiger partial charge < -0.3 is 0 Å². The van der Waals surface area contributed by atoms with Gasteiger partial charge in [0.15, 0.2) is 11.6 Å². The molecule has 1 rings (SSSR count). The van der Waals surface area contributed by atoms with Crippen LogP contribution in [0.4, 0.5) is 12.7 Å². The van der Waals surface area contributed by atoms with Crippen molar-refractivity contribution < 1.29 is 21.1 Å². The normalized spacial score (nSPS) is 11.6. The molecule has 0 N–H and O–H groups in total. The van der Waals surface area contributed by atoms with Crippen molar-refractivity contribution in [3.05, 3.63) is 29.8 Å². The third-order valence-corrected chi connectivity index (χ3v) is 2.02. The number of benzene rings is 1. The first-order valence-electron chi connectivity index (χ1n) is 2.81. The number of hydrogen-bond donors (Lipinski definition) is 0. The standard InChI is InChI=1S/C6H3F3O2S/c7-4-2-1-3-5(6(4)8)12(9,10)11/h1-3H. The van der Waals surface area contributed by atoms with Crippen molar-refractivity contribution >= 4 is 10.2 Å². The molecule has 0 heterocycles. The van der Waals surface area contributed by atoms with E-state index in [0.29, 0.717) is 12.1 Å². The molecule has 0 radical (unpaired) electrons. The summed E-state index contributed by atoms with van der Waals surface area (Å²) in [6.07, 6.45) is 0.